The van der Waals surface area contributed by atoms with Crippen molar-refractivity contribution < 1.29 is 14.7 Å². The van der Waals surface area contributed by atoms with E-state index >= 15 is 0 Å². The summed E-state index contributed by atoms with van der Waals surface area (Å²) in [5.74, 6) is -1.83. The minimum absolute atomic E-state index is 0.159. The summed E-state index contributed by atoms with van der Waals surface area (Å²) in [5.41, 5.74) is 0.973. The standard InChI is InChI=1S/C14H10BrClN2O3/c1-7-5-9(15)11(6-10(7)16)18-13(19)12-8(14(20)21)3-2-4-17-12/h2-6H,1H3,(H,18,19)(H,20,21). The van der Waals surface area contributed by atoms with Crippen LogP contribution in [0.25, 0.3) is 0 Å². The van der Waals surface area contributed by atoms with Crippen LogP contribution in [0.4, 0.5) is 5.69 Å². The van der Waals surface area contributed by atoms with Gasteiger partial charge in [0.1, 0.15) is 5.69 Å². The molecule has 2 rings (SSSR count). The van der Waals surface area contributed by atoms with Crippen LogP contribution in [0.5, 0.6) is 0 Å². The molecule has 0 unspecified atom stereocenters. The van der Waals surface area contributed by atoms with Crippen LogP contribution in [0, 0.1) is 6.92 Å². The minimum atomic E-state index is -1.21. The molecular formula is C14H10BrClN2O3. The van der Waals surface area contributed by atoms with E-state index in [2.05, 4.69) is 26.2 Å². The van der Waals surface area contributed by atoms with Crippen molar-refractivity contribution in [3.63, 3.8) is 0 Å². The summed E-state index contributed by atoms with van der Waals surface area (Å²) in [5, 5.41) is 12.2. The zero-order chi connectivity index (χ0) is 15.6. The van der Waals surface area contributed by atoms with E-state index in [0.29, 0.717) is 15.2 Å². The average molecular weight is 370 g/mol. The summed E-state index contributed by atoms with van der Waals surface area (Å²) in [6, 6.07) is 6.12. The lowest BCUT2D eigenvalue weighted by Gasteiger charge is -2.10. The van der Waals surface area contributed by atoms with Gasteiger partial charge >= 0.3 is 5.97 Å². The molecule has 7 heteroatoms. The highest BCUT2D eigenvalue weighted by atomic mass is 79.9. The molecular weight excluding hydrogens is 360 g/mol. The van der Waals surface area contributed by atoms with Gasteiger partial charge in [-0.05, 0) is 52.7 Å². The number of carboxylic acid groups (broad SMARTS) is 1. The first-order valence-corrected chi connectivity index (χ1v) is 7.02. The van der Waals surface area contributed by atoms with Crippen molar-refractivity contribution in [1.29, 1.82) is 0 Å². The van der Waals surface area contributed by atoms with Crippen molar-refractivity contribution in [2.75, 3.05) is 5.32 Å². The molecule has 0 aliphatic rings. The molecule has 1 aromatic carbocycles. The van der Waals surface area contributed by atoms with Crippen LogP contribution in [0.3, 0.4) is 0 Å². The molecule has 0 saturated heterocycles. The van der Waals surface area contributed by atoms with E-state index in [1.807, 2.05) is 6.92 Å². The van der Waals surface area contributed by atoms with Gasteiger partial charge in [0.05, 0.1) is 11.3 Å². The number of pyridine rings is 1. The summed E-state index contributed by atoms with van der Waals surface area (Å²) in [6.45, 7) is 1.83. The summed E-state index contributed by atoms with van der Waals surface area (Å²) >= 11 is 9.33. The van der Waals surface area contributed by atoms with E-state index in [-0.39, 0.29) is 11.3 Å². The smallest absolute Gasteiger partial charge is 0.338 e. The third-order valence-corrected chi connectivity index (χ3v) is 3.81. The Balaban J connectivity index is 2.35. The fraction of sp³-hybridized carbons (Fsp3) is 0.0714. The Labute approximate surface area is 134 Å². The maximum atomic E-state index is 12.2. The molecule has 1 heterocycles. The predicted molar refractivity (Wildman–Crippen MR) is 83.0 cm³/mol. The van der Waals surface area contributed by atoms with Crippen LogP contribution in [-0.4, -0.2) is 22.0 Å². The number of nitrogens with zero attached hydrogens (tertiary/aromatic N) is 1. The molecule has 0 spiro atoms. The number of carbonyl (C=O) groups is 2. The molecule has 2 N–H and O–H groups in total. The summed E-state index contributed by atoms with van der Waals surface area (Å²) in [7, 11) is 0. The Kier molecular flexibility index (Phi) is 4.59. The quantitative estimate of drug-likeness (QED) is 0.863. The lowest BCUT2D eigenvalue weighted by Crippen LogP contribution is -2.18. The van der Waals surface area contributed by atoms with Crippen molar-refractivity contribution in [3.05, 3.63) is 56.8 Å². The number of anilines is 1. The number of amides is 1. The van der Waals surface area contributed by atoms with Crippen LogP contribution >= 0.6 is 27.5 Å². The fourth-order valence-electron chi connectivity index (χ4n) is 1.68. The number of nitrogens with one attached hydrogen (secondary N) is 1. The number of carboxylic acids is 1. The molecule has 0 radical (unpaired) electrons. The largest absolute Gasteiger partial charge is 0.478 e. The molecule has 21 heavy (non-hydrogen) atoms. The highest BCUT2D eigenvalue weighted by molar-refractivity contribution is 9.10. The van der Waals surface area contributed by atoms with Crippen molar-refractivity contribution in [2.24, 2.45) is 0 Å². The third kappa shape index (κ3) is 3.40. The molecule has 0 aliphatic carbocycles. The molecule has 0 saturated carbocycles. The second-order valence-corrected chi connectivity index (χ2v) is 5.50. The first-order valence-electron chi connectivity index (χ1n) is 5.85. The molecule has 1 aromatic heterocycles. The van der Waals surface area contributed by atoms with E-state index in [4.69, 9.17) is 16.7 Å². The fourth-order valence-corrected chi connectivity index (χ4v) is 2.40. The van der Waals surface area contributed by atoms with Gasteiger partial charge in [0, 0.05) is 15.7 Å². The van der Waals surface area contributed by atoms with Gasteiger partial charge in [-0.25, -0.2) is 4.79 Å². The summed E-state index contributed by atoms with van der Waals surface area (Å²) in [6.07, 6.45) is 1.36. The maximum absolute atomic E-state index is 12.2. The van der Waals surface area contributed by atoms with Gasteiger partial charge in [-0.15, -0.1) is 0 Å². The highest BCUT2D eigenvalue weighted by Crippen LogP contribution is 2.29. The average Bonchev–Trinajstić information content (AvgIpc) is 2.44. The first-order chi connectivity index (χ1) is 9.90. The molecule has 108 valence electrons. The molecule has 0 atom stereocenters. The van der Waals surface area contributed by atoms with Crippen molar-refractivity contribution in [3.8, 4) is 0 Å². The normalized spacial score (nSPS) is 10.2. The SMILES string of the molecule is Cc1cc(Br)c(NC(=O)c2ncccc2C(=O)O)cc1Cl. The van der Waals surface area contributed by atoms with Gasteiger partial charge in [-0.2, -0.15) is 0 Å². The van der Waals surface area contributed by atoms with Gasteiger partial charge in [-0.3, -0.25) is 9.78 Å². The Morgan fingerprint density at radius 1 is 1.38 bits per heavy atom. The van der Waals surface area contributed by atoms with Crippen molar-refractivity contribution >= 4 is 45.1 Å². The number of aromatic nitrogens is 1. The highest BCUT2D eigenvalue weighted by Gasteiger charge is 2.18. The van der Waals surface area contributed by atoms with Gasteiger partial charge in [0.2, 0.25) is 0 Å². The van der Waals surface area contributed by atoms with Gasteiger partial charge < -0.3 is 10.4 Å². The van der Waals surface area contributed by atoms with Crippen molar-refractivity contribution in [2.45, 2.75) is 6.92 Å². The Hall–Kier alpha value is -1.92. The van der Waals surface area contributed by atoms with Gasteiger partial charge in [-0.1, -0.05) is 11.6 Å². The Morgan fingerprint density at radius 2 is 2.10 bits per heavy atom. The van der Waals surface area contributed by atoms with Crippen LogP contribution < -0.4 is 5.32 Å². The number of benzene rings is 1. The van der Waals surface area contributed by atoms with Gasteiger partial charge in [0.15, 0.2) is 0 Å². The third-order valence-electron chi connectivity index (χ3n) is 2.75. The van der Waals surface area contributed by atoms with Crippen LogP contribution in [0.2, 0.25) is 5.02 Å². The number of aryl methyl sites for hydroxylation is 1. The zero-order valence-electron chi connectivity index (χ0n) is 10.9. The second-order valence-electron chi connectivity index (χ2n) is 4.24. The summed E-state index contributed by atoms with van der Waals surface area (Å²) < 4.78 is 0.644. The molecule has 0 aliphatic heterocycles. The number of halogens is 2. The molecule has 0 fully saturated rings. The van der Waals surface area contributed by atoms with Crippen LogP contribution in [0.1, 0.15) is 26.4 Å². The maximum Gasteiger partial charge on any atom is 0.338 e. The number of hydrogen-bond donors (Lipinski definition) is 2. The lowest BCUT2D eigenvalue weighted by molar-refractivity contribution is 0.0691. The molecule has 0 bridgehead atoms. The number of hydrogen-bond acceptors (Lipinski definition) is 3. The Morgan fingerprint density at radius 3 is 2.76 bits per heavy atom. The van der Waals surface area contributed by atoms with E-state index in [1.165, 1.54) is 18.3 Å². The predicted octanol–water partition coefficient (Wildman–Crippen LogP) is 3.76. The zero-order valence-corrected chi connectivity index (χ0v) is 13.2. The van der Waals surface area contributed by atoms with E-state index in [9.17, 15) is 9.59 Å². The van der Waals surface area contributed by atoms with Crippen molar-refractivity contribution in [1.82, 2.24) is 4.98 Å². The Bertz CT molecular complexity index is 734. The van der Waals surface area contributed by atoms with Crippen LogP contribution in [0.15, 0.2) is 34.9 Å². The minimum Gasteiger partial charge on any atom is -0.478 e. The van der Waals surface area contributed by atoms with E-state index in [0.717, 1.165) is 5.56 Å². The lowest BCUT2D eigenvalue weighted by atomic mass is 10.1. The number of carbonyl (C=O) groups excluding carboxylic acids is 1. The van der Waals surface area contributed by atoms with E-state index in [1.54, 1.807) is 12.1 Å². The van der Waals surface area contributed by atoms with Crippen LogP contribution in [-0.2, 0) is 0 Å². The molecule has 5 nitrogen and oxygen atoms in total. The monoisotopic (exact) mass is 368 g/mol. The summed E-state index contributed by atoms with van der Waals surface area (Å²) in [4.78, 5) is 27.1. The number of rotatable bonds is 3. The second kappa shape index (κ2) is 6.24. The molecule has 2 aromatic rings. The van der Waals surface area contributed by atoms with Gasteiger partial charge in [0.25, 0.3) is 5.91 Å². The van der Waals surface area contributed by atoms with E-state index < -0.39 is 11.9 Å². The molecule has 1 amide bonds. The topological polar surface area (TPSA) is 79.3 Å². The first kappa shape index (κ1) is 15.5. The number of aromatic carboxylic acids is 1.